The molecule has 1 amide bonds. The Morgan fingerprint density at radius 1 is 1.18 bits per heavy atom. The molecule has 3 nitrogen and oxygen atoms in total. The quantitative estimate of drug-likeness (QED) is 0.918. The first-order valence-electron chi connectivity index (χ1n) is 7.87. The number of carbonyl (C=O) groups is 1. The third-order valence-electron chi connectivity index (χ3n) is 4.89. The Kier molecular flexibility index (Phi) is 6.60. The standard InChI is InChI=1S/C17H24N2OS.ClH/c1-21-16(13-5-3-2-4-6-13)17(20)19-9-7-14-11-18-12-15(14)8-10-19;/h2-6,14-16,18H,7-12H2,1H3;1H/t14-,15+,16?;. The van der Waals surface area contributed by atoms with Crippen LogP contribution < -0.4 is 5.32 Å². The van der Waals surface area contributed by atoms with Crippen molar-refractivity contribution < 1.29 is 4.79 Å². The maximum absolute atomic E-state index is 12.9. The average Bonchev–Trinajstić information content (AvgIpc) is 2.87. The van der Waals surface area contributed by atoms with Gasteiger partial charge in [-0.25, -0.2) is 0 Å². The number of hydrogen-bond acceptors (Lipinski definition) is 3. The van der Waals surface area contributed by atoms with Crippen LogP contribution in [0.2, 0.25) is 0 Å². The lowest BCUT2D eigenvalue weighted by atomic mass is 9.92. The van der Waals surface area contributed by atoms with Crippen LogP contribution in [0, 0.1) is 11.8 Å². The van der Waals surface area contributed by atoms with Crippen LogP contribution in [0.3, 0.4) is 0 Å². The first kappa shape index (κ1) is 17.6. The molecule has 122 valence electrons. The number of benzene rings is 1. The minimum Gasteiger partial charge on any atom is -0.341 e. The Morgan fingerprint density at radius 3 is 2.32 bits per heavy atom. The van der Waals surface area contributed by atoms with E-state index < -0.39 is 0 Å². The summed E-state index contributed by atoms with van der Waals surface area (Å²) in [5, 5.41) is 3.43. The van der Waals surface area contributed by atoms with Crippen molar-refractivity contribution in [2.75, 3.05) is 32.4 Å². The first-order valence-corrected chi connectivity index (χ1v) is 9.15. The second-order valence-corrected chi connectivity index (χ2v) is 7.05. The molecule has 2 aliphatic rings. The highest BCUT2D eigenvalue weighted by Gasteiger charge is 2.33. The van der Waals surface area contributed by atoms with E-state index in [9.17, 15) is 4.79 Å². The molecule has 1 unspecified atom stereocenters. The van der Waals surface area contributed by atoms with E-state index >= 15 is 0 Å². The Hall–Kier alpha value is -0.710. The van der Waals surface area contributed by atoms with E-state index in [1.165, 1.54) is 0 Å². The lowest BCUT2D eigenvalue weighted by molar-refractivity contribution is -0.130. The van der Waals surface area contributed by atoms with Gasteiger partial charge < -0.3 is 10.2 Å². The maximum Gasteiger partial charge on any atom is 0.240 e. The molecule has 22 heavy (non-hydrogen) atoms. The molecular weight excluding hydrogens is 316 g/mol. The minimum absolute atomic E-state index is 0. The number of nitrogens with zero attached hydrogens (tertiary/aromatic N) is 1. The smallest absolute Gasteiger partial charge is 0.240 e. The lowest BCUT2D eigenvalue weighted by Crippen LogP contribution is -2.35. The Bertz CT molecular complexity index is 471. The van der Waals surface area contributed by atoms with Crippen LogP contribution in [0.25, 0.3) is 0 Å². The molecule has 2 heterocycles. The van der Waals surface area contributed by atoms with Gasteiger partial charge in [0.2, 0.25) is 5.91 Å². The summed E-state index contributed by atoms with van der Waals surface area (Å²) in [6.07, 6.45) is 4.34. The van der Waals surface area contributed by atoms with E-state index in [2.05, 4.69) is 22.3 Å². The summed E-state index contributed by atoms with van der Waals surface area (Å²) < 4.78 is 0. The van der Waals surface area contributed by atoms with Crippen LogP contribution >= 0.6 is 24.2 Å². The maximum atomic E-state index is 12.9. The van der Waals surface area contributed by atoms with Gasteiger partial charge in [0.15, 0.2) is 0 Å². The molecule has 1 aromatic carbocycles. The Balaban J connectivity index is 0.00000176. The summed E-state index contributed by atoms with van der Waals surface area (Å²) >= 11 is 1.65. The molecule has 3 rings (SSSR count). The molecule has 3 atom stereocenters. The predicted molar refractivity (Wildman–Crippen MR) is 95.6 cm³/mol. The molecule has 0 spiro atoms. The Morgan fingerprint density at radius 2 is 1.77 bits per heavy atom. The van der Waals surface area contributed by atoms with E-state index in [1.807, 2.05) is 24.5 Å². The average molecular weight is 341 g/mol. The fraction of sp³-hybridized carbons (Fsp3) is 0.588. The monoisotopic (exact) mass is 340 g/mol. The topological polar surface area (TPSA) is 32.3 Å². The van der Waals surface area contributed by atoms with Crippen LogP contribution in [0.5, 0.6) is 0 Å². The molecule has 0 saturated carbocycles. The van der Waals surface area contributed by atoms with Crippen molar-refractivity contribution in [1.82, 2.24) is 10.2 Å². The number of nitrogens with one attached hydrogen (secondary N) is 1. The zero-order valence-corrected chi connectivity index (χ0v) is 14.7. The first-order chi connectivity index (χ1) is 10.3. The van der Waals surface area contributed by atoms with Gasteiger partial charge in [-0.3, -0.25) is 4.79 Å². The van der Waals surface area contributed by atoms with Gasteiger partial charge in [0, 0.05) is 13.1 Å². The molecular formula is C17H25ClN2OS. The number of halogens is 1. The van der Waals surface area contributed by atoms with E-state index in [-0.39, 0.29) is 17.7 Å². The molecule has 5 heteroatoms. The normalized spacial score (nSPS) is 25.8. The summed E-state index contributed by atoms with van der Waals surface area (Å²) in [7, 11) is 0. The fourth-order valence-electron chi connectivity index (χ4n) is 3.61. The summed E-state index contributed by atoms with van der Waals surface area (Å²) in [5.74, 6) is 1.83. The zero-order chi connectivity index (χ0) is 14.7. The molecule has 2 saturated heterocycles. The van der Waals surface area contributed by atoms with Crippen molar-refractivity contribution in [2.45, 2.75) is 18.1 Å². The third kappa shape index (κ3) is 3.79. The summed E-state index contributed by atoms with van der Waals surface area (Å²) in [6.45, 7) is 4.12. The predicted octanol–water partition coefficient (Wildman–Crippen LogP) is 2.97. The van der Waals surface area contributed by atoms with Gasteiger partial charge in [-0.05, 0) is 49.6 Å². The lowest BCUT2D eigenvalue weighted by Gasteiger charge is -2.25. The Labute approximate surface area is 143 Å². The molecule has 2 fully saturated rings. The van der Waals surface area contributed by atoms with E-state index in [1.54, 1.807) is 11.8 Å². The molecule has 2 aliphatic heterocycles. The summed E-state index contributed by atoms with van der Waals surface area (Å²) in [4.78, 5) is 15.0. The van der Waals surface area contributed by atoms with E-state index in [4.69, 9.17) is 0 Å². The van der Waals surface area contributed by atoms with Crippen molar-refractivity contribution in [3.05, 3.63) is 35.9 Å². The van der Waals surface area contributed by atoms with Crippen LogP contribution in [0.4, 0.5) is 0 Å². The highest BCUT2D eigenvalue weighted by molar-refractivity contribution is 7.99. The van der Waals surface area contributed by atoms with Gasteiger partial charge >= 0.3 is 0 Å². The van der Waals surface area contributed by atoms with Gasteiger partial charge in [-0.15, -0.1) is 24.2 Å². The SMILES string of the molecule is CSC(C(=O)N1CC[C@@H]2CNC[C@@H]2CC1)c1ccccc1.Cl. The molecule has 0 aliphatic carbocycles. The van der Waals surface area contributed by atoms with Crippen molar-refractivity contribution in [2.24, 2.45) is 11.8 Å². The van der Waals surface area contributed by atoms with Crippen molar-refractivity contribution >= 4 is 30.1 Å². The molecule has 0 aromatic heterocycles. The number of carbonyl (C=O) groups excluding carboxylic acids is 1. The molecule has 1 aromatic rings. The number of thioether (sulfide) groups is 1. The van der Waals surface area contributed by atoms with Gasteiger partial charge in [-0.1, -0.05) is 30.3 Å². The largest absolute Gasteiger partial charge is 0.341 e. The summed E-state index contributed by atoms with van der Waals surface area (Å²) in [6, 6.07) is 10.2. The van der Waals surface area contributed by atoms with Gasteiger partial charge in [0.1, 0.15) is 5.25 Å². The van der Waals surface area contributed by atoms with E-state index in [0.717, 1.165) is 56.4 Å². The summed E-state index contributed by atoms with van der Waals surface area (Å²) in [5.41, 5.74) is 1.13. The molecule has 1 N–H and O–H groups in total. The van der Waals surface area contributed by atoms with Gasteiger partial charge in [0.25, 0.3) is 0 Å². The van der Waals surface area contributed by atoms with Crippen molar-refractivity contribution in [3.8, 4) is 0 Å². The number of hydrogen-bond donors (Lipinski definition) is 1. The van der Waals surface area contributed by atoms with E-state index in [0.29, 0.717) is 5.91 Å². The number of rotatable bonds is 3. The number of likely N-dealkylation sites (tertiary alicyclic amines) is 1. The third-order valence-corrected chi connectivity index (χ3v) is 5.84. The molecule has 0 bridgehead atoms. The zero-order valence-electron chi connectivity index (χ0n) is 13.0. The van der Waals surface area contributed by atoms with Gasteiger partial charge in [0.05, 0.1) is 0 Å². The van der Waals surface area contributed by atoms with Crippen LogP contribution in [-0.2, 0) is 4.79 Å². The number of fused-ring (bicyclic) bond motifs is 1. The van der Waals surface area contributed by atoms with Crippen molar-refractivity contribution in [1.29, 1.82) is 0 Å². The molecule has 0 radical (unpaired) electrons. The van der Waals surface area contributed by atoms with Crippen molar-refractivity contribution in [3.63, 3.8) is 0 Å². The second kappa shape index (κ2) is 8.23. The second-order valence-electron chi connectivity index (χ2n) is 6.11. The number of amides is 1. The van der Waals surface area contributed by atoms with Crippen LogP contribution in [-0.4, -0.2) is 43.2 Å². The van der Waals surface area contributed by atoms with Crippen LogP contribution in [0.15, 0.2) is 30.3 Å². The van der Waals surface area contributed by atoms with Crippen LogP contribution in [0.1, 0.15) is 23.7 Å². The minimum atomic E-state index is -0.0535. The highest BCUT2D eigenvalue weighted by Crippen LogP contribution is 2.32. The van der Waals surface area contributed by atoms with Gasteiger partial charge in [-0.2, -0.15) is 0 Å². The fourth-order valence-corrected chi connectivity index (χ4v) is 4.39. The highest BCUT2D eigenvalue weighted by atomic mass is 35.5.